The van der Waals surface area contributed by atoms with Gasteiger partial charge in [-0.25, -0.2) is 9.78 Å². The van der Waals surface area contributed by atoms with Crippen LogP contribution in [0.1, 0.15) is 5.56 Å². The molecule has 7 heteroatoms. The van der Waals surface area contributed by atoms with Crippen molar-refractivity contribution in [1.82, 2.24) is 4.98 Å². The third-order valence-electron chi connectivity index (χ3n) is 2.38. The van der Waals surface area contributed by atoms with Crippen LogP contribution in [0.15, 0.2) is 24.4 Å². The van der Waals surface area contributed by atoms with Gasteiger partial charge in [-0.2, -0.15) is 0 Å². The topological polar surface area (TPSA) is 63.2 Å². The van der Waals surface area contributed by atoms with Crippen molar-refractivity contribution in [3.63, 3.8) is 0 Å². The maximum absolute atomic E-state index is 11.8. The van der Waals surface area contributed by atoms with Gasteiger partial charge in [0.05, 0.1) is 13.3 Å². The van der Waals surface area contributed by atoms with E-state index in [9.17, 15) is 4.79 Å². The molecule has 5 nitrogen and oxygen atoms in total. The number of nitrogens with one attached hydrogen (secondary N) is 2. The summed E-state index contributed by atoms with van der Waals surface area (Å²) in [5.41, 5.74) is 1.62. The average molecular weight is 298 g/mol. The summed E-state index contributed by atoms with van der Waals surface area (Å²) in [4.78, 5) is 15.7. The number of urea groups is 1. The minimum atomic E-state index is -0.362. The van der Waals surface area contributed by atoms with Crippen molar-refractivity contribution >= 4 is 39.8 Å². The fraction of sp³-hybridized carbons (Fsp3) is 0.167. The van der Waals surface area contributed by atoms with Gasteiger partial charge in [-0.15, -0.1) is 0 Å². The van der Waals surface area contributed by atoms with Crippen LogP contribution in [0.25, 0.3) is 0 Å². The Labute approximate surface area is 119 Å². The molecule has 0 bridgehead atoms. The fourth-order valence-electron chi connectivity index (χ4n) is 1.47. The molecule has 0 radical (unpaired) electrons. The van der Waals surface area contributed by atoms with Crippen LogP contribution in [-0.2, 0) is 0 Å². The van der Waals surface area contributed by atoms with Crippen molar-refractivity contribution in [2.75, 3.05) is 17.7 Å². The van der Waals surface area contributed by atoms with Crippen molar-refractivity contribution in [1.29, 1.82) is 0 Å². The number of carbonyl (C=O) groups excluding carboxylic acids is 1. The van der Waals surface area contributed by atoms with Gasteiger partial charge >= 0.3 is 6.03 Å². The Morgan fingerprint density at radius 2 is 2.21 bits per heavy atom. The van der Waals surface area contributed by atoms with Crippen LogP contribution in [0.5, 0.6) is 5.75 Å². The number of halogens is 1. The molecule has 0 spiro atoms. The van der Waals surface area contributed by atoms with E-state index in [2.05, 4.69) is 15.6 Å². The van der Waals surface area contributed by atoms with E-state index >= 15 is 0 Å². The van der Waals surface area contributed by atoms with E-state index in [1.807, 2.05) is 13.0 Å². The number of amides is 2. The van der Waals surface area contributed by atoms with E-state index in [0.29, 0.717) is 15.2 Å². The van der Waals surface area contributed by atoms with Crippen molar-refractivity contribution in [3.05, 3.63) is 34.3 Å². The zero-order chi connectivity index (χ0) is 13.8. The predicted molar refractivity (Wildman–Crippen MR) is 77.5 cm³/mol. The molecule has 100 valence electrons. The quantitative estimate of drug-likeness (QED) is 0.906. The highest BCUT2D eigenvalue weighted by Crippen LogP contribution is 2.24. The van der Waals surface area contributed by atoms with Gasteiger partial charge in [0.2, 0.25) is 0 Å². The lowest BCUT2D eigenvalue weighted by molar-refractivity contribution is 0.262. The molecule has 0 fully saturated rings. The molecule has 0 atom stereocenters. The summed E-state index contributed by atoms with van der Waals surface area (Å²) in [5, 5.41) is 5.80. The minimum Gasteiger partial charge on any atom is -0.497 e. The largest absolute Gasteiger partial charge is 0.497 e. The number of thiazole rings is 1. The van der Waals surface area contributed by atoms with E-state index in [4.69, 9.17) is 16.3 Å². The van der Waals surface area contributed by atoms with Crippen LogP contribution in [0.3, 0.4) is 0 Å². The summed E-state index contributed by atoms with van der Waals surface area (Å²) in [5.74, 6) is 0.746. The number of hydrogen-bond donors (Lipinski definition) is 2. The molecule has 1 heterocycles. The van der Waals surface area contributed by atoms with E-state index in [0.717, 1.165) is 11.3 Å². The number of nitrogens with zero attached hydrogens (tertiary/aromatic N) is 1. The highest BCUT2D eigenvalue weighted by molar-refractivity contribution is 7.19. The molecule has 1 aromatic carbocycles. The van der Waals surface area contributed by atoms with Crippen LogP contribution >= 0.6 is 22.9 Å². The second-order valence-electron chi connectivity index (χ2n) is 3.73. The molecule has 1 aromatic heterocycles. The molecule has 0 aliphatic carbocycles. The lowest BCUT2D eigenvalue weighted by Crippen LogP contribution is -2.19. The molecule has 2 amide bonds. The number of benzene rings is 1. The second-order valence-corrected chi connectivity index (χ2v) is 5.39. The van der Waals surface area contributed by atoms with Gasteiger partial charge in [0.1, 0.15) is 10.1 Å². The number of hydrogen-bond acceptors (Lipinski definition) is 4. The zero-order valence-electron chi connectivity index (χ0n) is 10.4. The fourth-order valence-corrected chi connectivity index (χ4v) is 2.27. The molecule has 2 rings (SSSR count). The molecular weight excluding hydrogens is 286 g/mol. The van der Waals surface area contributed by atoms with Crippen molar-refractivity contribution < 1.29 is 9.53 Å². The zero-order valence-corrected chi connectivity index (χ0v) is 11.9. The van der Waals surface area contributed by atoms with Gasteiger partial charge in [-0.3, -0.25) is 5.32 Å². The number of aromatic nitrogens is 1. The van der Waals surface area contributed by atoms with Gasteiger partial charge in [0, 0.05) is 5.69 Å². The molecular formula is C12H12ClN3O2S. The van der Waals surface area contributed by atoms with Crippen molar-refractivity contribution in [3.8, 4) is 5.75 Å². The van der Waals surface area contributed by atoms with Crippen LogP contribution in [0.2, 0.25) is 4.34 Å². The van der Waals surface area contributed by atoms with Gasteiger partial charge in [-0.1, -0.05) is 22.9 Å². The SMILES string of the molecule is COc1ccc(NC(=O)Nc2ncc(Cl)s2)c(C)c1. The normalized spacial score (nSPS) is 10.1. The Morgan fingerprint density at radius 3 is 2.79 bits per heavy atom. The number of methoxy groups -OCH3 is 1. The number of aryl methyl sites for hydroxylation is 1. The first-order valence-electron chi connectivity index (χ1n) is 5.42. The highest BCUT2D eigenvalue weighted by Gasteiger charge is 2.08. The van der Waals surface area contributed by atoms with Gasteiger partial charge in [0.15, 0.2) is 5.13 Å². The maximum Gasteiger partial charge on any atom is 0.325 e. The molecule has 0 saturated heterocycles. The minimum absolute atomic E-state index is 0.362. The molecule has 19 heavy (non-hydrogen) atoms. The second kappa shape index (κ2) is 5.90. The summed E-state index contributed by atoms with van der Waals surface area (Å²) in [6.07, 6.45) is 1.49. The predicted octanol–water partition coefficient (Wildman–Crippen LogP) is 3.76. The number of rotatable bonds is 3. The molecule has 0 aliphatic heterocycles. The Bertz CT molecular complexity index is 600. The third kappa shape index (κ3) is 3.59. The molecule has 0 saturated carbocycles. The third-order valence-corrected chi connectivity index (χ3v) is 3.41. The summed E-state index contributed by atoms with van der Waals surface area (Å²) < 4.78 is 5.63. The molecule has 2 aromatic rings. The Kier molecular flexibility index (Phi) is 4.24. The van der Waals surface area contributed by atoms with Crippen LogP contribution in [-0.4, -0.2) is 18.1 Å². The van der Waals surface area contributed by atoms with Gasteiger partial charge in [0.25, 0.3) is 0 Å². The van der Waals surface area contributed by atoms with Crippen molar-refractivity contribution in [2.24, 2.45) is 0 Å². The van der Waals surface area contributed by atoms with Gasteiger partial charge < -0.3 is 10.1 Å². The summed E-state index contributed by atoms with van der Waals surface area (Å²) in [6.45, 7) is 1.89. The average Bonchev–Trinajstić information content (AvgIpc) is 2.77. The van der Waals surface area contributed by atoms with E-state index in [1.165, 1.54) is 17.5 Å². The lowest BCUT2D eigenvalue weighted by Gasteiger charge is -2.09. The standard InChI is InChI=1S/C12H12ClN3O2S/c1-7-5-8(18-2)3-4-9(7)15-11(17)16-12-14-6-10(13)19-12/h3-6H,1-2H3,(H2,14,15,16,17). The molecule has 2 N–H and O–H groups in total. The molecule has 0 unspecified atom stereocenters. The van der Waals surface area contributed by atoms with Crippen LogP contribution < -0.4 is 15.4 Å². The van der Waals surface area contributed by atoms with Crippen LogP contribution in [0, 0.1) is 6.92 Å². The van der Waals surface area contributed by atoms with E-state index < -0.39 is 0 Å². The first kappa shape index (κ1) is 13.6. The Hall–Kier alpha value is -1.79. The number of anilines is 2. The number of ether oxygens (including phenoxy) is 1. The Morgan fingerprint density at radius 1 is 1.42 bits per heavy atom. The highest BCUT2D eigenvalue weighted by atomic mass is 35.5. The van der Waals surface area contributed by atoms with Crippen molar-refractivity contribution in [2.45, 2.75) is 6.92 Å². The summed E-state index contributed by atoms with van der Waals surface area (Å²) >= 11 is 6.93. The summed E-state index contributed by atoms with van der Waals surface area (Å²) in [7, 11) is 1.60. The van der Waals surface area contributed by atoms with Gasteiger partial charge in [-0.05, 0) is 30.7 Å². The summed E-state index contributed by atoms with van der Waals surface area (Å²) in [6, 6.07) is 5.04. The van der Waals surface area contributed by atoms with Crippen LogP contribution in [0.4, 0.5) is 15.6 Å². The monoisotopic (exact) mass is 297 g/mol. The first-order chi connectivity index (χ1) is 9.08. The molecule has 0 aliphatic rings. The lowest BCUT2D eigenvalue weighted by atomic mass is 10.2. The maximum atomic E-state index is 11.8. The van der Waals surface area contributed by atoms with E-state index in [1.54, 1.807) is 19.2 Å². The number of carbonyl (C=O) groups is 1. The first-order valence-corrected chi connectivity index (χ1v) is 6.62. The Balaban J connectivity index is 2.02. The smallest absolute Gasteiger partial charge is 0.325 e. The van der Waals surface area contributed by atoms with E-state index in [-0.39, 0.29) is 6.03 Å².